The summed E-state index contributed by atoms with van der Waals surface area (Å²) in [6.07, 6.45) is 4.53. The highest BCUT2D eigenvalue weighted by molar-refractivity contribution is 8.16. The average molecular weight is 349 g/mol. The maximum atomic E-state index is 12.0. The van der Waals surface area contributed by atoms with Gasteiger partial charge >= 0.3 is 0 Å². The number of nitrogens with one attached hydrogen (secondary N) is 1. The predicted octanol–water partition coefficient (Wildman–Crippen LogP) is 4.66. The third kappa shape index (κ3) is 4.38. The summed E-state index contributed by atoms with van der Waals surface area (Å²) in [5, 5.41) is 4.82. The number of hydrogen-bond acceptors (Lipinski definition) is 5. The minimum absolute atomic E-state index is 0.130. The van der Waals surface area contributed by atoms with Crippen molar-refractivity contribution < 1.29 is 4.79 Å². The number of carbonyl (C=O) groups is 1. The molecule has 0 unspecified atom stereocenters. The number of nitrogens with zero attached hydrogens (tertiary/aromatic N) is 1. The fraction of sp³-hybridized carbons (Fsp3) is 0.250. The summed E-state index contributed by atoms with van der Waals surface area (Å²) in [5.41, 5.74) is 4.68. The summed E-state index contributed by atoms with van der Waals surface area (Å²) in [6.45, 7) is 0. The molecule has 22 heavy (non-hydrogen) atoms. The monoisotopic (exact) mass is 348 g/mol. The highest BCUT2D eigenvalue weighted by Crippen LogP contribution is 2.43. The van der Waals surface area contributed by atoms with Gasteiger partial charge < -0.3 is 5.32 Å². The van der Waals surface area contributed by atoms with Gasteiger partial charge in [-0.3, -0.25) is 4.79 Å². The largest absolute Gasteiger partial charge is 0.323 e. The summed E-state index contributed by atoms with van der Waals surface area (Å²) >= 11 is 5.48. The molecular formula is C16H16N2OS3. The lowest BCUT2D eigenvalue weighted by atomic mass is 10.2. The number of benzene rings is 1. The number of amides is 1. The molecule has 6 heteroatoms. The van der Waals surface area contributed by atoms with Crippen LogP contribution in [0.4, 0.5) is 5.69 Å². The van der Waals surface area contributed by atoms with E-state index in [0.29, 0.717) is 4.58 Å². The van der Waals surface area contributed by atoms with Gasteiger partial charge in [0.2, 0.25) is 5.91 Å². The lowest BCUT2D eigenvalue weighted by Crippen LogP contribution is -2.08. The van der Waals surface area contributed by atoms with Crippen LogP contribution in [0.15, 0.2) is 41.2 Å². The molecule has 2 aromatic rings. The van der Waals surface area contributed by atoms with Gasteiger partial charge in [-0.05, 0) is 41.7 Å². The number of thiazole rings is 1. The third-order valence-electron chi connectivity index (χ3n) is 3.11. The molecule has 1 saturated heterocycles. The quantitative estimate of drug-likeness (QED) is 0.816. The molecule has 1 fully saturated rings. The van der Waals surface area contributed by atoms with Gasteiger partial charge in [-0.15, -0.1) is 34.9 Å². The Labute approximate surface area is 142 Å². The number of thioether (sulfide) groups is 2. The number of hydrogen-bond donors (Lipinski definition) is 1. The van der Waals surface area contributed by atoms with Crippen LogP contribution in [0.5, 0.6) is 0 Å². The molecule has 2 heterocycles. The maximum absolute atomic E-state index is 12.0. The first-order chi connectivity index (χ1) is 10.8. The fourth-order valence-corrected chi connectivity index (χ4v) is 5.49. The first-order valence-electron chi connectivity index (χ1n) is 7.02. The van der Waals surface area contributed by atoms with Crippen molar-refractivity contribution in [2.45, 2.75) is 11.0 Å². The molecule has 0 saturated carbocycles. The summed E-state index contributed by atoms with van der Waals surface area (Å²) in [6, 6.07) is 8.14. The normalized spacial score (nSPS) is 16.0. The van der Waals surface area contributed by atoms with Crippen molar-refractivity contribution >= 4 is 52.5 Å². The Hall–Kier alpha value is -1.24. The average Bonchev–Trinajstić information content (AvgIpc) is 3.08. The van der Waals surface area contributed by atoms with Gasteiger partial charge in [-0.25, -0.2) is 4.98 Å². The van der Waals surface area contributed by atoms with Gasteiger partial charge in [-0.2, -0.15) is 0 Å². The third-order valence-corrected chi connectivity index (χ3v) is 6.73. The Morgan fingerprint density at radius 1 is 1.32 bits per heavy atom. The molecule has 0 aliphatic carbocycles. The smallest absolute Gasteiger partial charge is 0.248 e. The van der Waals surface area contributed by atoms with Gasteiger partial charge in [0.05, 0.1) is 15.8 Å². The summed E-state index contributed by atoms with van der Waals surface area (Å²) < 4.78 is 0.483. The van der Waals surface area contributed by atoms with Crippen LogP contribution in [0.25, 0.3) is 6.08 Å². The first-order valence-corrected chi connectivity index (χ1v) is 10.1. The molecule has 1 aliphatic rings. The molecule has 3 nitrogen and oxygen atoms in total. The highest BCUT2D eigenvalue weighted by atomic mass is 32.2. The topological polar surface area (TPSA) is 42.0 Å². The molecule has 0 atom stereocenters. The van der Waals surface area contributed by atoms with Crippen LogP contribution in [0, 0.1) is 0 Å². The lowest BCUT2D eigenvalue weighted by Gasteiger charge is -2.21. The van der Waals surface area contributed by atoms with E-state index in [-0.39, 0.29) is 5.91 Å². The minimum Gasteiger partial charge on any atom is -0.323 e. The van der Waals surface area contributed by atoms with Crippen LogP contribution in [-0.2, 0) is 4.79 Å². The van der Waals surface area contributed by atoms with E-state index >= 15 is 0 Å². The van der Waals surface area contributed by atoms with E-state index < -0.39 is 0 Å². The Kier molecular flexibility index (Phi) is 5.58. The number of anilines is 1. The standard InChI is InChI=1S/C16H16N2OS3/c19-15(6-5-14-10-20-11-17-14)18-13-4-1-3-12(9-13)16-21-7-2-8-22-16/h1,3-6,9-11,16H,2,7-8H2,(H,18,19)/b6-5+. The molecule has 1 amide bonds. The molecule has 0 radical (unpaired) electrons. The van der Waals surface area contributed by atoms with Crippen LogP contribution in [0.3, 0.4) is 0 Å². The van der Waals surface area contributed by atoms with E-state index in [9.17, 15) is 4.79 Å². The molecule has 1 aliphatic heterocycles. The molecule has 1 N–H and O–H groups in total. The van der Waals surface area contributed by atoms with Gasteiger partial charge in [0.15, 0.2) is 0 Å². The van der Waals surface area contributed by atoms with E-state index in [1.807, 2.05) is 41.0 Å². The Bertz CT molecular complexity index is 649. The second kappa shape index (κ2) is 7.85. The Morgan fingerprint density at radius 2 is 2.18 bits per heavy atom. The fourth-order valence-electron chi connectivity index (χ4n) is 2.09. The number of aromatic nitrogens is 1. The van der Waals surface area contributed by atoms with Crippen LogP contribution in [-0.4, -0.2) is 22.4 Å². The van der Waals surface area contributed by atoms with E-state index in [2.05, 4.69) is 22.4 Å². The predicted molar refractivity (Wildman–Crippen MR) is 98.5 cm³/mol. The van der Waals surface area contributed by atoms with Crippen molar-refractivity contribution in [3.05, 3.63) is 52.5 Å². The highest BCUT2D eigenvalue weighted by Gasteiger charge is 2.16. The zero-order valence-electron chi connectivity index (χ0n) is 11.9. The van der Waals surface area contributed by atoms with Crippen LogP contribution in [0.2, 0.25) is 0 Å². The van der Waals surface area contributed by atoms with Gasteiger partial charge in [-0.1, -0.05) is 12.1 Å². The van der Waals surface area contributed by atoms with Gasteiger partial charge in [0.1, 0.15) is 0 Å². The maximum Gasteiger partial charge on any atom is 0.248 e. The molecule has 0 spiro atoms. The van der Waals surface area contributed by atoms with Crippen LogP contribution < -0.4 is 5.32 Å². The zero-order valence-corrected chi connectivity index (χ0v) is 14.3. The van der Waals surface area contributed by atoms with Crippen molar-refractivity contribution in [2.24, 2.45) is 0 Å². The SMILES string of the molecule is O=C(/C=C/c1cscn1)Nc1cccc(C2SCCCS2)c1. The van der Waals surface area contributed by atoms with Crippen molar-refractivity contribution in [1.82, 2.24) is 4.98 Å². The second-order valence-electron chi connectivity index (χ2n) is 4.79. The van der Waals surface area contributed by atoms with E-state index in [1.54, 1.807) is 11.6 Å². The molecule has 0 bridgehead atoms. The molecule has 1 aromatic heterocycles. The van der Waals surface area contributed by atoms with Crippen molar-refractivity contribution in [2.75, 3.05) is 16.8 Å². The Morgan fingerprint density at radius 3 is 2.95 bits per heavy atom. The van der Waals surface area contributed by atoms with Crippen LogP contribution in [0.1, 0.15) is 22.3 Å². The summed E-state index contributed by atoms with van der Waals surface area (Å²) in [5.74, 6) is 2.30. The van der Waals surface area contributed by atoms with Gasteiger partial charge in [0.25, 0.3) is 0 Å². The number of carbonyl (C=O) groups excluding carboxylic acids is 1. The minimum atomic E-state index is -0.130. The zero-order chi connectivity index (χ0) is 15.2. The Balaban J connectivity index is 1.63. The van der Waals surface area contributed by atoms with Crippen molar-refractivity contribution in [3.8, 4) is 0 Å². The summed E-state index contributed by atoms with van der Waals surface area (Å²) in [7, 11) is 0. The van der Waals surface area contributed by atoms with E-state index in [0.717, 1.165) is 11.4 Å². The first kappa shape index (κ1) is 15.6. The van der Waals surface area contributed by atoms with E-state index in [1.165, 1.54) is 40.9 Å². The molecule has 114 valence electrons. The van der Waals surface area contributed by atoms with Crippen LogP contribution >= 0.6 is 34.9 Å². The molecule has 1 aromatic carbocycles. The van der Waals surface area contributed by atoms with Crippen molar-refractivity contribution in [1.29, 1.82) is 0 Å². The van der Waals surface area contributed by atoms with Gasteiger partial charge in [0, 0.05) is 17.1 Å². The second-order valence-corrected chi connectivity index (χ2v) is 8.23. The molecule has 3 rings (SSSR count). The lowest BCUT2D eigenvalue weighted by molar-refractivity contribution is -0.111. The molecular weight excluding hydrogens is 332 g/mol. The summed E-state index contributed by atoms with van der Waals surface area (Å²) in [4.78, 5) is 16.1. The van der Waals surface area contributed by atoms with Crippen molar-refractivity contribution in [3.63, 3.8) is 0 Å². The van der Waals surface area contributed by atoms with E-state index in [4.69, 9.17) is 0 Å². The number of rotatable bonds is 4.